The number of Topliss-reactive ketones (excluding diaryl/α,β-unsaturated/α-hetero) is 2. The molecule has 0 saturated heterocycles. The van der Waals surface area contributed by atoms with E-state index >= 15 is 0 Å². The monoisotopic (exact) mass is 314 g/mol. The predicted octanol–water partition coefficient (Wildman–Crippen LogP) is 4.72. The van der Waals surface area contributed by atoms with Crippen LogP contribution in [0.1, 0.15) is 72.1 Å². The highest BCUT2D eigenvalue weighted by atomic mass is 16.1. The van der Waals surface area contributed by atoms with Gasteiger partial charge in [0.1, 0.15) is 11.6 Å². The highest BCUT2D eigenvalue weighted by Crippen LogP contribution is 2.65. The third-order valence-electron chi connectivity index (χ3n) is 8.45. The number of rotatable bonds is 0. The van der Waals surface area contributed by atoms with Crippen LogP contribution in [0.2, 0.25) is 0 Å². The van der Waals surface area contributed by atoms with Crippen molar-refractivity contribution < 1.29 is 9.59 Å². The van der Waals surface area contributed by atoms with Gasteiger partial charge in [-0.3, -0.25) is 9.59 Å². The van der Waals surface area contributed by atoms with Gasteiger partial charge >= 0.3 is 0 Å². The lowest BCUT2D eigenvalue weighted by molar-refractivity contribution is -0.149. The van der Waals surface area contributed by atoms with Crippen molar-refractivity contribution in [3.63, 3.8) is 0 Å². The highest BCUT2D eigenvalue weighted by molar-refractivity contribution is 5.88. The minimum Gasteiger partial charge on any atom is -0.299 e. The van der Waals surface area contributed by atoms with E-state index in [1.54, 1.807) is 0 Å². The highest BCUT2D eigenvalue weighted by Gasteiger charge is 2.62. The maximum atomic E-state index is 13.0. The van der Waals surface area contributed by atoms with Gasteiger partial charge in [0.2, 0.25) is 0 Å². The Bertz CT molecular complexity index is 589. The Kier molecular flexibility index (Phi) is 3.42. The van der Waals surface area contributed by atoms with Crippen molar-refractivity contribution in [1.29, 1.82) is 0 Å². The average molecular weight is 314 g/mol. The Hall–Kier alpha value is -0.920. The summed E-state index contributed by atoms with van der Waals surface area (Å²) in [6.07, 6.45) is 10.4. The van der Waals surface area contributed by atoms with E-state index in [-0.39, 0.29) is 16.7 Å². The normalized spacial score (nSPS) is 51.3. The molecule has 0 aromatic carbocycles. The summed E-state index contributed by atoms with van der Waals surface area (Å²) in [4.78, 5) is 25.5. The fourth-order valence-corrected chi connectivity index (χ4v) is 7.20. The first-order valence-corrected chi connectivity index (χ1v) is 9.64. The summed E-state index contributed by atoms with van der Waals surface area (Å²) in [5, 5.41) is 0. The molecule has 4 aliphatic carbocycles. The molecule has 126 valence electrons. The van der Waals surface area contributed by atoms with Crippen LogP contribution >= 0.6 is 0 Å². The number of fused-ring (bicyclic) bond motifs is 5. The summed E-state index contributed by atoms with van der Waals surface area (Å²) in [6, 6.07) is 0. The predicted molar refractivity (Wildman–Crippen MR) is 90.9 cm³/mol. The Morgan fingerprint density at radius 2 is 1.83 bits per heavy atom. The Morgan fingerprint density at radius 3 is 2.57 bits per heavy atom. The largest absolute Gasteiger partial charge is 0.299 e. The molecule has 0 aromatic heterocycles. The van der Waals surface area contributed by atoms with Crippen LogP contribution < -0.4 is 0 Å². The lowest BCUT2D eigenvalue weighted by atomic mass is 9.44. The molecule has 4 saturated carbocycles. The van der Waals surface area contributed by atoms with Gasteiger partial charge in [0.05, 0.1) is 0 Å². The number of hydrogen-bond donors (Lipinski definition) is 0. The molecule has 0 radical (unpaired) electrons. The number of carbonyl (C=O) groups excluding carboxylic acids is 2. The molecule has 0 unspecified atom stereocenters. The molecule has 6 atom stereocenters. The molecule has 0 N–H and O–H groups in total. The van der Waals surface area contributed by atoms with Gasteiger partial charge in [0.25, 0.3) is 0 Å². The van der Waals surface area contributed by atoms with Crippen LogP contribution in [0, 0.1) is 34.5 Å². The Balaban J connectivity index is 1.77. The third kappa shape index (κ3) is 1.87. The fraction of sp³-hybridized carbons (Fsp3) is 0.810. The lowest BCUT2D eigenvalue weighted by Crippen LogP contribution is -2.56. The molecule has 4 aliphatic rings. The smallest absolute Gasteiger partial charge is 0.139 e. The van der Waals surface area contributed by atoms with E-state index in [4.69, 9.17) is 0 Å². The molecule has 0 spiro atoms. The van der Waals surface area contributed by atoms with Crippen LogP contribution in [0.4, 0.5) is 0 Å². The zero-order chi connectivity index (χ0) is 16.4. The Morgan fingerprint density at radius 1 is 1.04 bits per heavy atom. The van der Waals surface area contributed by atoms with Gasteiger partial charge in [-0.15, -0.1) is 0 Å². The maximum absolute atomic E-state index is 13.0. The van der Waals surface area contributed by atoms with Crippen LogP contribution in [-0.4, -0.2) is 11.6 Å². The molecule has 0 aliphatic heterocycles. The van der Waals surface area contributed by atoms with Crippen molar-refractivity contribution in [2.75, 3.05) is 0 Å². The minimum absolute atomic E-state index is 0.0694. The first-order valence-electron chi connectivity index (χ1n) is 9.64. The van der Waals surface area contributed by atoms with Crippen molar-refractivity contribution in [2.24, 2.45) is 34.5 Å². The first kappa shape index (κ1) is 15.6. The van der Waals surface area contributed by atoms with E-state index < -0.39 is 0 Å². The van der Waals surface area contributed by atoms with Crippen LogP contribution in [0.5, 0.6) is 0 Å². The SMILES string of the molecule is C/C=C1\CCC[C@@H]2C(=O)C[C@@H]3[C@H](CC[C@]4(C)C(=O)CC[C@@H]34)[C@@]12C. The number of carbonyl (C=O) groups is 2. The van der Waals surface area contributed by atoms with Crippen LogP contribution in [0.3, 0.4) is 0 Å². The van der Waals surface area contributed by atoms with E-state index in [9.17, 15) is 9.59 Å². The van der Waals surface area contributed by atoms with Crippen LogP contribution in [0.25, 0.3) is 0 Å². The van der Waals surface area contributed by atoms with Gasteiger partial charge in [-0.05, 0) is 63.2 Å². The summed E-state index contributed by atoms with van der Waals surface area (Å²) in [5.41, 5.74) is 1.47. The quantitative estimate of drug-likeness (QED) is 0.606. The molecular formula is C21H30O2. The van der Waals surface area contributed by atoms with Crippen LogP contribution in [-0.2, 0) is 9.59 Å². The van der Waals surface area contributed by atoms with Crippen molar-refractivity contribution >= 4 is 11.6 Å². The minimum atomic E-state index is -0.130. The molecule has 2 heteroatoms. The fourth-order valence-electron chi connectivity index (χ4n) is 7.20. The number of hydrogen-bond acceptors (Lipinski definition) is 2. The van der Waals surface area contributed by atoms with Gasteiger partial charge in [0.15, 0.2) is 0 Å². The van der Waals surface area contributed by atoms with E-state index in [1.165, 1.54) is 18.4 Å². The molecule has 0 bridgehead atoms. The second kappa shape index (κ2) is 5.04. The number of allylic oxidation sites excluding steroid dienone is 2. The van der Waals surface area contributed by atoms with Gasteiger partial charge in [0, 0.05) is 29.6 Å². The Labute approximate surface area is 140 Å². The van der Waals surface area contributed by atoms with Gasteiger partial charge in [-0.2, -0.15) is 0 Å². The molecular weight excluding hydrogens is 284 g/mol. The lowest BCUT2D eigenvalue weighted by Gasteiger charge is -2.59. The zero-order valence-corrected chi connectivity index (χ0v) is 14.9. The first-order chi connectivity index (χ1) is 10.9. The zero-order valence-electron chi connectivity index (χ0n) is 14.9. The standard InChI is InChI=1S/C21H30O2/c1-4-13-6-5-7-17-18(22)12-14-15-8-9-19(23)20(15,2)11-10-16(14)21(13,17)3/h4,14-17H,5-12H2,1-3H3/b13-4+/t14-,15-,16-,17+,20-,21+/m0/s1. The summed E-state index contributed by atoms with van der Waals surface area (Å²) < 4.78 is 0. The van der Waals surface area contributed by atoms with Gasteiger partial charge < -0.3 is 0 Å². The molecule has 0 heterocycles. The van der Waals surface area contributed by atoms with Crippen molar-refractivity contribution in [3.8, 4) is 0 Å². The second-order valence-corrected chi connectivity index (χ2v) is 9.01. The van der Waals surface area contributed by atoms with E-state index in [0.29, 0.717) is 29.3 Å². The van der Waals surface area contributed by atoms with Gasteiger partial charge in [-0.1, -0.05) is 25.5 Å². The summed E-state index contributed by atoms with van der Waals surface area (Å²) in [7, 11) is 0. The summed E-state index contributed by atoms with van der Waals surface area (Å²) in [6.45, 7) is 6.74. The average Bonchev–Trinajstić information content (AvgIpc) is 2.83. The molecule has 23 heavy (non-hydrogen) atoms. The molecule has 4 fully saturated rings. The van der Waals surface area contributed by atoms with E-state index in [1.807, 2.05) is 0 Å². The molecule has 0 amide bonds. The summed E-state index contributed by atoms with van der Waals surface area (Å²) in [5.74, 6) is 2.72. The third-order valence-corrected chi connectivity index (χ3v) is 8.45. The maximum Gasteiger partial charge on any atom is 0.139 e. The second-order valence-electron chi connectivity index (χ2n) is 9.01. The van der Waals surface area contributed by atoms with Crippen molar-refractivity contribution in [2.45, 2.75) is 72.1 Å². The van der Waals surface area contributed by atoms with Crippen molar-refractivity contribution in [1.82, 2.24) is 0 Å². The van der Waals surface area contributed by atoms with E-state index in [0.717, 1.165) is 38.5 Å². The van der Waals surface area contributed by atoms with E-state index in [2.05, 4.69) is 26.8 Å². The van der Waals surface area contributed by atoms with Crippen LogP contribution in [0.15, 0.2) is 11.6 Å². The van der Waals surface area contributed by atoms with Crippen molar-refractivity contribution in [3.05, 3.63) is 11.6 Å². The molecule has 4 rings (SSSR count). The summed E-state index contributed by atoms with van der Waals surface area (Å²) >= 11 is 0. The molecule has 0 aromatic rings. The molecule has 2 nitrogen and oxygen atoms in total. The topological polar surface area (TPSA) is 34.1 Å². The number of ketones is 2. The van der Waals surface area contributed by atoms with Gasteiger partial charge in [-0.25, -0.2) is 0 Å².